The number of hydrogen-bond donors (Lipinski definition) is 0. The first-order valence-electron chi connectivity index (χ1n) is 9.04. The fourth-order valence-electron chi connectivity index (χ4n) is 4.44. The predicted octanol–water partition coefficient (Wildman–Crippen LogP) is 5.61. The van der Waals surface area contributed by atoms with Gasteiger partial charge < -0.3 is 9.47 Å². The van der Waals surface area contributed by atoms with Gasteiger partial charge >= 0.3 is 0 Å². The Kier molecular flexibility index (Phi) is 4.23. The molecule has 0 N–H and O–H groups in total. The monoisotopic (exact) mass is 333 g/mol. The Hall–Kier alpha value is -2.31. The first kappa shape index (κ1) is 16.2. The molecule has 3 heteroatoms. The first-order chi connectivity index (χ1) is 12.2. The van der Waals surface area contributed by atoms with Crippen molar-refractivity contribution < 1.29 is 9.47 Å². The Morgan fingerprint density at radius 1 is 0.920 bits per heavy atom. The highest BCUT2D eigenvalue weighted by atomic mass is 16.5. The Bertz CT molecular complexity index is 770. The number of para-hydroxylation sites is 1. The van der Waals surface area contributed by atoms with E-state index in [-0.39, 0.29) is 11.0 Å². The third kappa shape index (κ3) is 3.41. The zero-order valence-electron chi connectivity index (χ0n) is 14.4. The summed E-state index contributed by atoms with van der Waals surface area (Å²) in [7, 11) is 0. The lowest BCUT2D eigenvalue weighted by Crippen LogP contribution is -2.26. The molecule has 0 unspecified atom stereocenters. The number of hydrogen-bond acceptors (Lipinski definition) is 3. The molecular weight excluding hydrogens is 310 g/mol. The summed E-state index contributed by atoms with van der Waals surface area (Å²) in [5.41, 5.74) is 1.35. The van der Waals surface area contributed by atoms with E-state index < -0.39 is 0 Å². The SMILES string of the molecule is N#CCC12CCC(OCc3cccc(Oc4ccccc4)c3)(CC1)C2. The standard InChI is InChI=1S/C22H23NO2/c23-14-13-21-9-11-22(17-21,12-10-21)24-16-18-5-4-8-20(15-18)25-19-6-2-1-3-7-19/h1-8,15H,9-13,16-17H2. The number of rotatable bonds is 6. The van der Waals surface area contributed by atoms with Crippen molar-refractivity contribution in [3.8, 4) is 17.6 Å². The van der Waals surface area contributed by atoms with E-state index in [0.29, 0.717) is 13.0 Å². The molecule has 2 bridgehead atoms. The van der Waals surface area contributed by atoms with Crippen molar-refractivity contribution in [2.75, 3.05) is 0 Å². The van der Waals surface area contributed by atoms with Crippen molar-refractivity contribution >= 4 is 0 Å². The van der Waals surface area contributed by atoms with Crippen molar-refractivity contribution in [2.45, 2.75) is 50.7 Å². The van der Waals surface area contributed by atoms with Crippen LogP contribution in [-0.4, -0.2) is 5.60 Å². The molecule has 0 amide bonds. The second-order valence-electron chi connectivity index (χ2n) is 7.55. The summed E-state index contributed by atoms with van der Waals surface area (Å²) in [5, 5.41) is 9.08. The van der Waals surface area contributed by atoms with E-state index in [2.05, 4.69) is 18.2 Å². The first-order valence-corrected chi connectivity index (χ1v) is 9.04. The van der Waals surface area contributed by atoms with Gasteiger partial charge in [0.1, 0.15) is 11.5 Å². The van der Waals surface area contributed by atoms with Crippen molar-refractivity contribution in [3.63, 3.8) is 0 Å². The highest BCUT2D eigenvalue weighted by molar-refractivity contribution is 5.33. The maximum atomic E-state index is 9.08. The van der Waals surface area contributed by atoms with Gasteiger partial charge in [0.15, 0.2) is 0 Å². The lowest BCUT2D eigenvalue weighted by atomic mass is 9.82. The summed E-state index contributed by atoms with van der Waals surface area (Å²) in [6.07, 6.45) is 6.19. The molecule has 4 rings (SSSR count). The van der Waals surface area contributed by atoms with Crippen LogP contribution in [0.3, 0.4) is 0 Å². The quantitative estimate of drug-likeness (QED) is 0.690. The van der Waals surface area contributed by atoms with Crippen LogP contribution in [0.25, 0.3) is 0 Å². The Morgan fingerprint density at radius 2 is 1.68 bits per heavy atom. The lowest BCUT2D eigenvalue weighted by molar-refractivity contribution is -0.0485. The topological polar surface area (TPSA) is 42.2 Å². The molecule has 0 heterocycles. The molecule has 2 saturated carbocycles. The van der Waals surface area contributed by atoms with Crippen molar-refractivity contribution in [3.05, 3.63) is 60.2 Å². The van der Waals surface area contributed by atoms with E-state index in [1.54, 1.807) is 0 Å². The Morgan fingerprint density at radius 3 is 2.44 bits per heavy atom. The molecule has 128 valence electrons. The molecule has 25 heavy (non-hydrogen) atoms. The van der Waals surface area contributed by atoms with E-state index in [1.807, 2.05) is 42.5 Å². The minimum absolute atomic E-state index is 0.00680. The summed E-state index contributed by atoms with van der Waals surface area (Å²) < 4.78 is 12.3. The van der Waals surface area contributed by atoms with Crippen molar-refractivity contribution in [1.29, 1.82) is 5.26 Å². The zero-order chi connectivity index (χ0) is 17.2. The second-order valence-corrected chi connectivity index (χ2v) is 7.55. The van der Waals surface area contributed by atoms with E-state index in [0.717, 1.165) is 49.2 Å². The van der Waals surface area contributed by atoms with E-state index in [9.17, 15) is 0 Å². The van der Waals surface area contributed by atoms with Gasteiger partial charge in [-0.05, 0) is 67.3 Å². The smallest absolute Gasteiger partial charge is 0.127 e. The van der Waals surface area contributed by atoms with Crippen LogP contribution in [0, 0.1) is 16.7 Å². The molecule has 3 nitrogen and oxygen atoms in total. The van der Waals surface area contributed by atoms with Crippen LogP contribution in [-0.2, 0) is 11.3 Å². The van der Waals surface area contributed by atoms with Crippen LogP contribution in [0.15, 0.2) is 54.6 Å². The summed E-state index contributed by atoms with van der Waals surface area (Å²) >= 11 is 0. The molecule has 2 fully saturated rings. The second kappa shape index (κ2) is 6.54. The fraction of sp³-hybridized carbons (Fsp3) is 0.409. The van der Waals surface area contributed by atoms with Gasteiger partial charge in [0.05, 0.1) is 18.3 Å². The van der Waals surface area contributed by atoms with E-state index in [4.69, 9.17) is 14.7 Å². The zero-order valence-corrected chi connectivity index (χ0v) is 14.4. The number of ether oxygens (including phenoxy) is 2. The van der Waals surface area contributed by atoms with Crippen molar-refractivity contribution in [2.24, 2.45) is 5.41 Å². The van der Waals surface area contributed by atoms with Gasteiger partial charge in [-0.1, -0.05) is 30.3 Å². The van der Waals surface area contributed by atoms with Gasteiger partial charge in [-0.2, -0.15) is 5.26 Å². The summed E-state index contributed by atoms with van der Waals surface area (Å²) in [4.78, 5) is 0. The van der Waals surface area contributed by atoms with Gasteiger partial charge in [0, 0.05) is 6.42 Å². The van der Waals surface area contributed by atoms with Crippen LogP contribution in [0.2, 0.25) is 0 Å². The number of nitriles is 1. The minimum atomic E-state index is -0.00680. The molecule has 0 saturated heterocycles. The number of nitrogens with zero attached hydrogens (tertiary/aromatic N) is 1. The Labute approximate surface area is 149 Å². The lowest BCUT2D eigenvalue weighted by Gasteiger charge is -2.27. The van der Waals surface area contributed by atoms with Crippen LogP contribution in [0.5, 0.6) is 11.5 Å². The maximum absolute atomic E-state index is 9.08. The maximum Gasteiger partial charge on any atom is 0.127 e. The highest BCUT2D eigenvalue weighted by Crippen LogP contribution is 2.59. The molecule has 0 radical (unpaired) electrons. The number of benzene rings is 2. The third-order valence-corrected chi connectivity index (χ3v) is 5.80. The third-order valence-electron chi connectivity index (χ3n) is 5.80. The Balaban J connectivity index is 1.39. The molecule has 0 spiro atoms. The van der Waals surface area contributed by atoms with E-state index in [1.165, 1.54) is 0 Å². The largest absolute Gasteiger partial charge is 0.457 e. The molecular formula is C22H23NO2. The number of fused-ring (bicyclic) bond motifs is 2. The average molecular weight is 333 g/mol. The van der Waals surface area contributed by atoms with Crippen LogP contribution < -0.4 is 4.74 Å². The summed E-state index contributed by atoms with van der Waals surface area (Å²) in [5.74, 6) is 1.67. The van der Waals surface area contributed by atoms with E-state index >= 15 is 0 Å². The average Bonchev–Trinajstić information content (AvgIpc) is 3.18. The molecule has 0 atom stereocenters. The summed E-state index contributed by atoms with van der Waals surface area (Å²) in [6.45, 7) is 0.606. The molecule has 2 aliphatic carbocycles. The molecule has 0 aliphatic heterocycles. The molecule has 2 aliphatic rings. The summed E-state index contributed by atoms with van der Waals surface area (Å²) in [6, 6.07) is 20.3. The van der Waals surface area contributed by atoms with Gasteiger partial charge in [0.25, 0.3) is 0 Å². The van der Waals surface area contributed by atoms with Crippen LogP contribution >= 0.6 is 0 Å². The fourth-order valence-corrected chi connectivity index (χ4v) is 4.44. The van der Waals surface area contributed by atoms with Gasteiger partial charge in [-0.3, -0.25) is 0 Å². The predicted molar refractivity (Wildman–Crippen MR) is 96.2 cm³/mol. The highest BCUT2D eigenvalue weighted by Gasteiger charge is 2.54. The van der Waals surface area contributed by atoms with Crippen molar-refractivity contribution in [1.82, 2.24) is 0 Å². The van der Waals surface area contributed by atoms with Gasteiger partial charge in [-0.15, -0.1) is 0 Å². The minimum Gasteiger partial charge on any atom is -0.457 e. The van der Waals surface area contributed by atoms with Gasteiger partial charge in [0.2, 0.25) is 0 Å². The molecule has 2 aromatic rings. The molecule has 2 aromatic carbocycles. The van der Waals surface area contributed by atoms with Crippen LogP contribution in [0.1, 0.15) is 44.1 Å². The normalized spacial score (nSPS) is 27.2. The van der Waals surface area contributed by atoms with Crippen LogP contribution in [0.4, 0.5) is 0 Å². The molecule has 0 aromatic heterocycles. The van der Waals surface area contributed by atoms with Gasteiger partial charge in [-0.25, -0.2) is 0 Å².